The highest BCUT2D eigenvalue weighted by Crippen LogP contribution is 2.26. The lowest BCUT2D eigenvalue weighted by molar-refractivity contribution is -0.188. The number of hydrogen-bond donors (Lipinski definition) is 0. The summed E-state index contributed by atoms with van der Waals surface area (Å²) in [4.78, 5) is 53.1. The molecule has 9 nitrogen and oxygen atoms in total. The molecule has 2 unspecified atom stereocenters. The smallest absolute Gasteiger partial charge is 0.351 e. The van der Waals surface area contributed by atoms with Crippen molar-refractivity contribution < 1.29 is 37.8 Å². The van der Waals surface area contributed by atoms with E-state index in [9.17, 15) is 23.6 Å². The van der Waals surface area contributed by atoms with Crippen molar-refractivity contribution in [3.8, 4) is 0 Å². The summed E-state index contributed by atoms with van der Waals surface area (Å²) >= 11 is 0. The topological polar surface area (TPSA) is 102 Å². The van der Waals surface area contributed by atoms with Crippen LogP contribution in [0.3, 0.4) is 0 Å². The molecule has 0 bridgehead atoms. The Balaban J connectivity index is 1.87. The molecule has 0 saturated carbocycles. The number of carbonyl (C=O) groups excluding carboxylic acids is 4. The zero-order chi connectivity index (χ0) is 24.3. The molecule has 10 heteroatoms. The van der Waals surface area contributed by atoms with Crippen LogP contribution in [-0.2, 0) is 28.6 Å². The number of nitrogens with zero attached hydrogens (tertiary/aromatic N) is 2. The van der Waals surface area contributed by atoms with E-state index in [1.165, 1.54) is 11.0 Å². The van der Waals surface area contributed by atoms with Gasteiger partial charge in [0.1, 0.15) is 11.4 Å². The van der Waals surface area contributed by atoms with E-state index < -0.39 is 41.5 Å². The third-order valence-corrected chi connectivity index (χ3v) is 5.16. The molecule has 2 fully saturated rings. The Labute approximate surface area is 191 Å². The molecule has 2 aliphatic heterocycles. The van der Waals surface area contributed by atoms with Gasteiger partial charge in [-0.05, 0) is 51.8 Å². The first-order valence-electron chi connectivity index (χ1n) is 10.9. The zero-order valence-electron chi connectivity index (χ0n) is 19.3. The van der Waals surface area contributed by atoms with E-state index in [0.29, 0.717) is 13.1 Å². The Morgan fingerprint density at radius 2 is 1.79 bits per heavy atom. The normalized spacial score (nSPS) is 19.9. The van der Waals surface area contributed by atoms with Gasteiger partial charge in [0.2, 0.25) is 6.10 Å². The molecule has 33 heavy (non-hydrogen) atoms. The number of carbonyl (C=O) groups is 4. The van der Waals surface area contributed by atoms with Gasteiger partial charge in [-0.15, -0.1) is 0 Å². The first kappa shape index (κ1) is 24.6. The van der Waals surface area contributed by atoms with E-state index >= 15 is 0 Å². The van der Waals surface area contributed by atoms with Gasteiger partial charge in [-0.25, -0.2) is 9.18 Å². The van der Waals surface area contributed by atoms with Crippen molar-refractivity contribution in [3.63, 3.8) is 0 Å². The minimum Gasteiger partial charge on any atom is -0.457 e. The molecule has 2 amide bonds. The first-order valence-corrected chi connectivity index (χ1v) is 10.9. The number of ether oxygens (including phenoxy) is 3. The Bertz CT molecular complexity index is 937. The highest BCUT2D eigenvalue weighted by atomic mass is 19.1. The summed E-state index contributed by atoms with van der Waals surface area (Å²) in [6.45, 7) is 7.28. The Morgan fingerprint density at radius 3 is 2.39 bits per heavy atom. The lowest BCUT2D eigenvalue weighted by Crippen LogP contribution is -2.56. The largest absolute Gasteiger partial charge is 0.457 e. The standard InChI is InChI=1S/C23H29FN2O7/c1-14(27)32-19(22(30)33-23(2,3)4)18-21(29)26(9-10-31-18)17-12-15(11-16(24)13-17)20(28)25-7-5-6-8-25/h11-13,18-19H,5-10H2,1-4H3. The van der Waals surface area contributed by atoms with Crippen molar-refractivity contribution in [2.24, 2.45) is 0 Å². The summed E-state index contributed by atoms with van der Waals surface area (Å²) in [6.07, 6.45) is -1.32. The molecule has 0 radical (unpaired) electrons. The summed E-state index contributed by atoms with van der Waals surface area (Å²) in [5, 5.41) is 0. The lowest BCUT2D eigenvalue weighted by Gasteiger charge is -2.35. The number of halogens is 1. The maximum absolute atomic E-state index is 14.4. The van der Waals surface area contributed by atoms with Gasteiger partial charge in [-0.3, -0.25) is 14.4 Å². The second-order valence-corrected chi connectivity index (χ2v) is 9.04. The number of hydrogen-bond acceptors (Lipinski definition) is 7. The van der Waals surface area contributed by atoms with E-state index in [0.717, 1.165) is 31.9 Å². The Morgan fingerprint density at radius 1 is 1.12 bits per heavy atom. The number of benzene rings is 1. The van der Waals surface area contributed by atoms with Crippen LogP contribution >= 0.6 is 0 Å². The summed E-state index contributed by atoms with van der Waals surface area (Å²) in [6, 6.07) is 3.71. The van der Waals surface area contributed by atoms with Crippen LogP contribution in [0, 0.1) is 5.82 Å². The van der Waals surface area contributed by atoms with Crippen LogP contribution in [-0.4, -0.2) is 72.7 Å². The van der Waals surface area contributed by atoms with Crippen molar-refractivity contribution in [2.75, 3.05) is 31.1 Å². The maximum Gasteiger partial charge on any atom is 0.351 e. The minimum absolute atomic E-state index is 0.00286. The fourth-order valence-corrected chi connectivity index (χ4v) is 3.81. The third-order valence-electron chi connectivity index (χ3n) is 5.16. The molecule has 180 valence electrons. The summed E-state index contributed by atoms with van der Waals surface area (Å²) in [5.41, 5.74) is -0.603. The van der Waals surface area contributed by atoms with Crippen LogP contribution in [0.1, 0.15) is 50.9 Å². The van der Waals surface area contributed by atoms with E-state index in [4.69, 9.17) is 14.2 Å². The monoisotopic (exact) mass is 464 g/mol. The molecule has 2 atom stereocenters. The third kappa shape index (κ3) is 6.07. The van der Waals surface area contributed by atoms with Crippen LogP contribution in [0.5, 0.6) is 0 Å². The number of morpholine rings is 1. The Kier molecular flexibility index (Phi) is 7.36. The molecular formula is C23H29FN2O7. The minimum atomic E-state index is -1.63. The van der Waals surface area contributed by atoms with Gasteiger partial charge < -0.3 is 24.0 Å². The predicted octanol–water partition coefficient (Wildman–Crippen LogP) is 2.07. The fourth-order valence-electron chi connectivity index (χ4n) is 3.81. The van der Waals surface area contributed by atoms with Crippen LogP contribution in [0.4, 0.5) is 10.1 Å². The molecular weight excluding hydrogens is 435 g/mol. The quantitative estimate of drug-likeness (QED) is 0.615. The summed E-state index contributed by atoms with van der Waals surface area (Å²) in [5.74, 6) is -3.40. The Hall–Kier alpha value is -3.01. The van der Waals surface area contributed by atoms with Gasteiger partial charge >= 0.3 is 11.9 Å². The van der Waals surface area contributed by atoms with Gasteiger partial charge in [0.25, 0.3) is 11.8 Å². The van der Waals surface area contributed by atoms with Crippen LogP contribution < -0.4 is 4.90 Å². The predicted molar refractivity (Wildman–Crippen MR) is 115 cm³/mol. The summed E-state index contributed by atoms with van der Waals surface area (Å²) < 4.78 is 30.3. The van der Waals surface area contributed by atoms with Crippen LogP contribution in [0.25, 0.3) is 0 Å². The highest BCUT2D eigenvalue weighted by molar-refractivity contribution is 6.02. The molecule has 1 aromatic carbocycles. The van der Waals surface area contributed by atoms with Crippen molar-refractivity contribution in [2.45, 2.75) is 58.3 Å². The first-order chi connectivity index (χ1) is 15.5. The lowest BCUT2D eigenvalue weighted by atomic mass is 10.1. The SMILES string of the molecule is CC(=O)OC(C(=O)OC(C)(C)C)C1OCCN(c2cc(F)cc(C(=O)N3CCCC3)c2)C1=O. The molecule has 0 aliphatic carbocycles. The van der Waals surface area contributed by atoms with Gasteiger partial charge in [-0.2, -0.15) is 0 Å². The van der Waals surface area contributed by atoms with Crippen molar-refractivity contribution in [1.82, 2.24) is 4.90 Å². The average molecular weight is 464 g/mol. The molecule has 2 heterocycles. The number of likely N-dealkylation sites (tertiary alicyclic amines) is 1. The number of rotatable bonds is 5. The molecule has 0 aromatic heterocycles. The van der Waals surface area contributed by atoms with E-state index in [-0.39, 0.29) is 30.3 Å². The second kappa shape index (κ2) is 9.86. The van der Waals surface area contributed by atoms with Gasteiger partial charge in [0.05, 0.1) is 6.61 Å². The molecule has 0 N–H and O–H groups in total. The second-order valence-electron chi connectivity index (χ2n) is 9.04. The maximum atomic E-state index is 14.4. The van der Waals surface area contributed by atoms with Gasteiger partial charge in [-0.1, -0.05) is 0 Å². The van der Waals surface area contributed by atoms with Crippen LogP contribution in [0.15, 0.2) is 18.2 Å². The fraction of sp³-hybridized carbons (Fsp3) is 0.565. The number of esters is 2. The molecule has 3 rings (SSSR count). The summed E-state index contributed by atoms with van der Waals surface area (Å²) in [7, 11) is 0. The number of amides is 2. The molecule has 0 spiro atoms. The number of anilines is 1. The van der Waals surface area contributed by atoms with Crippen LogP contribution in [0.2, 0.25) is 0 Å². The molecule has 1 aromatic rings. The molecule has 2 aliphatic rings. The van der Waals surface area contributed by atoms with Gasteiger partial charge in [0, 0.05) is 37.8 Å². The average Bonchev–Trinajstić information content (AvgIpc) is 3.25. The zero-order valence-corrected chi connectivity index (χ0v) is 19.3. The van der Waals surface area contributed by atoms with E-state index in [1.807, 2.05) is 0 Å². The van der Waals surface area contributed by atoms with Crippen molar-refractivity contribution >= 4 is 29.4 Å². The van der Waals surface area contributed by atoms with Gasteiger partial charge in [0.15, 0.2) is 6.10 Å². The van der Waals surface area contributed by atoms with Crippen molar-refractivity contribution in [3.05, 3.63) is 29.6 Å². The molecule has 2 saturated heterocycles. The van der Waals surface area contributed by atoms with Crippen molar-refractivity contribution in [1.29, 1.82) is 0 Å². The highest BCUT2D eigenvalue weighted by Gasteiger charge is 2.44. The van der Waals surface area contributed by atoms with E-state index in [2.05, 4.69) is 0 Å². The van der Waals surface area contributed by atoms with E-state index in [1.54, 1.807) is 25.7 Å².